The topological polar surface area (TPSA) is 82.1 Å². The molecule has 138 valence electrons. The van der Waals surface area contributed by atoms with Crippen LogP contribution >= 0.6 is 0 Å². The van der Waals surface area contributed by atoms with Gasteiger partial charge >= 0.3 is 6.09 Å². The van der Waals surface area contributed by atoms with Gasteiger partial charge in [0, 0.05) is 5.69 Å². The molecule has 1 atom stereocenters. The highest BCUT2D eigenvalue weighted by Crippen LogP contribution is 2.25. The van der Waals surface area contributed by atoms with Crippen molar-refractivity contribution >= 4 is 21.9 Å². The van der Waals surface area contributed by atoms with Gasteiger partial charge in [-0.25, -0.2) is 4.79 Å². The highest BCUT2D eigenvalue weighted by atomic mass is 32.2. The van der Waals surface area contributed by atoms with Crippen molar-refractivity contribution in [2.24, 2.45) is 0 Å². The van der Waals surface area contributed by atoms with Crippen LogP contribution in [0, 0.1) is 0 Å². The van der Waals surface area contributed by atoms with Crippen LogP contribution in [-0.2, 0) is 25.6 Å². The predicted octanol–water partition coefficient (Wildman–Crippen LogP) is 2.57. The minimum absolute atomic E-state index is 0.195. The molecule has 7 nitrogen and oxygen atoms in total. The van der Waals surface area contributed by atoms with Crippen molar-refractivity contribution < 1.29 is 26.9 Å². The van der Waals surface area contributed by atoms with E-state index in [4.69, 9.17) is 9.47 Å². The predicted molar refractivity (Wildman–Crippen MR) is 95.6 cm³/mol. The first kappa shape index (κ1) is 18.2. The Morgan fingerprint density at radius 2 is 1.81 bits per heavy atom. The molecule has 1 saturated heterocycles. The van der Waals surface area contributed by atoms with Gasteiger partial charge in [-0.15, -0.1) is 0 Å². The van der Waals surface area contributed by atoms with E-state index in [2.05, 4.69) is 4.18 Å². The van der Waals surface area contributed by atoms with Gasteiger partial charge in [0.05, 0.1) is 12.8 Å². The molecule has 0 unspecified atom stereocenters. The SMILES string of the molecule is CS(=O)(=O)OC[C@H]1CN(c2ccc(OCc3ccccc3)cc2)C(=O)O1. The van der Waals surface area contributed by atoms with Crippen LogP contribution in [0.15, 0.2) is 54.6 Å². The van der Waals surface area contributed by atoms with Gasteiger partial charge in [0.1, 0.15) is 25.1 Å². The van der Waals surface area contributed by atoms with Crippen molar-refractivity contribution in [3.05, 3.63) is 60.2 Å². The summed E-state index contributed by atoms with van der Waals surface area (Å²) < 4.78 is 37.6. The molecule has 1 heterocycles. The van der Waals surface area contributed by atoms with Gasteiger partial charge in [0.15, 0.2) is 0 Å². The molecule has 0 spiro atoms. The summed E-state index contributed by atoms with van der Waals surface area (Å²) in [5.41, 5.74) is 1.71. The molecular weight excluding hydrogens is 358 g/mol. The number of hydrogen-bond acceptors (Lipinski definition) is 6. The molecule has 0 aliphatic carbocycles. The van der Waals surface area contributed by atoms with Crippen molar-refractivity contribution in [1.82, 2.24) is 0 Å². The van der Waals surface area contributed by atoms with Crippen LogP contribution in [0.25, 0.3) is 0 Å². The number of nitrogens with zero attached hydrogens (tertiary/aromatic N) is 1. The first-order valence-corrected chi connectivity index (χ1v) is 9.82. The Kier molecular flexibility index (Phi) is 5.43. The number of carbonyl (C=O) groups excluding carboxylic acids is 1. The largest absolute Gasteiger partial charge is 0.489 e. The molecule has 1 fully saturated rings. The quantitative estimate of drug-likeness (QED) is 0.690. The summed E-state index contributed by atoms with van der Waals surface area (Å²) >= 11 is 0. The maximum atomic E-state index is 12.0. The molecule has 3 rings (SSSR count). The molecule has 1 aliphatic heterocycles. The van der Waals surface area contributed by atoms with Crippen LogP contribution in [0.3, 0.4) is 0 Å². The lowest BCUT2D eigenvalue weighted by Crippen LogP contribution is -2.26. The first-order chi connectivity index (χ1) is 12.4. The summed E-state index contributed by atoms with van der Waals surface area (Å²) in [6, 6.07) is 16.8. The zero-order valence-corrected chi connectivity index (χ0v) is 15.0. The number of anilines is 1. The summed E-state index contributed by atoms with van der Waals surface area (Å²) in [5, 5.41) is 0. The van der Waals surface area contributed by atoms with Gasteiger partial charge in [-0.1, -0.05) is 30.3 Å². The van der Waals surface area contributed by atoms with E-state index in [9.17, 15) is 13.2 Å². The Hall–Kier alpha value is -2.58. The first-order valence-electron chi connectivity index (χ1n) is 8.00. The second-order valence-electron chi connectivity index (χ2n) is 5.87. The van der Waals surface area contributed by atoms with E-state index in [1.165, 1.54) is 4.90 Å². The fraction of sp³-hybridized carbons (Fsp3) is 0.278. The summed E-state index contributed by atoms with van der Waals surface area (Å²) in [6.45, 7) is 0.481. The Balaban J connectivity index is 1.57. The van der Waals surface area contributed by atoms with Crippen LogP contribution < -0.4 is 9.64 Å². The Labute approximate surface area is 152 Å². The molecule has 0 radical (unpaired) electrons. The molecule has 8 heteroatoms. The summed E-state index contributed by atoms with van der Waals surface area (Å²) in [5.74, 6) is 0.683. The molecule has 2 aromatic rings. The Bertz CT molecular complexity index is 851. The van der Waals surface area contributed by atoms with Gasteiger partial charge in [0.25, 0.3) is 10.1 Å². The lowest BCUT2D eigenvalue weighted by atomic mass is 10.2. The molecule has 1 aliphatic rings. The van der Waals surface area contributed by atoms with Crippen LogP contribution in [0.1, 0.15) is 5.56 Å². The van der Waals surface area contributed by atoms with Crippen LogP contribution in [0.2, 0.25) is 0 Å². The number of rotatable bonds is 7. The van der Waals surface area contributed by atoms with E-state index >= 15 is 0 Å². The Morgan fingerprint density at radius 1 is 1.12 bits per heavy atom. The summed E-state index contributed by atoms with van der Waals surface area (Å²) in [4.78, 5) is 13.4. The van der Waals surface area contributed by atoms with Crippen LogP contribution in [0.5, 0.6) is 5.75 Å². The van der Waals surface area contributed by atoms with Crippen LogP contribution in [-0.4, -0.2) is 40.0 Å². The molecule has 26 heavy (non-hydrogen) atoms. The summed E-state index contributed by atoms with van der Waals surface area (Å²) in [7, 11) is -3.57. The second kappa shape index (κ2) is 7.76. The smallest absolute Gasteiger partial charge is 0.414 e. The van der Waals surface area contributed by atoms with Gasteiger partial charge in [-0.3, -0.25) is 9.08 Å². The third-order valence-corrected chi connectivity index (χ3v) is 4.30. The lowest BCUT2D eigenvalue weighted by Gasteiger charge is -2.14. The van der Waals surface area contributed by atoms with E-state index in [0.29, 0.717) is 18.0 Å². The molecular formula is C18H19NO6S. The molecule has 0 saturated carbocycles. The molecule has 0 N–H and O–H groups in total. The van der Waals surface area contributed by atoms with Gasteiger partial charge < -0.3 is 9.47 Å². The number of carbonyl (C=O) groups is 1. The van der Waals surface area contributed by atoms with Gasteiger partial charge in [-0.2, -0.15) is 8.42 Å². The van der Waals surface area contributed by atoms with Crippen molar-refractivity contribution in [3.63, 3.8) is 0 Å². The van der Waals surface area contributed by atoms with E-state index in [1.807, 2.05) is 30.3 Å². The van der Waals surface area contributed by atoms with Gasteiger partial charge in [0.2, 0.25) is 0 Å². The fourth-order valence-corrected chi connectivity index (χ4v) is 2.88. The van der Waals surface area contributed by atoms with Crippen molar-refractivity contribution in [3.8, 4) is 5.75 Å². The highest BCUT2D eigenvalue weighted by molar-refractivity contribution is 7.85. The third-order valence-electron chi connectivity index (χ3n) is 3.74. The number of hydrogen-bond donors (Lipinski definition) is 0. The number of ether oxygens (including phenoxy) is 2. The fourth-order valence-electron chi connectivity index (χ4n) is 2.48. The molecule has 2 aromatic carbocycles. The molecule has 0 aromatic heterocycles. The standard InChI is InChI=1S/C18H19NO6S/c1-26(21,22)24-13-17-11-19(18(20)25-17)15-7-9-16(10-8-15)23-12-14-5-3-2-4-6-14/h2-10,17H,11-13H2,1H3/t17-/m1/s1. The monoisotopic (exact) mass is 377 g/mol. The van der Waals surface area contributed by atoms with E-state index in [1.54, 1.807) is 24.3 Å². The van der Waals surface area contributed by atoms with Crippen LogP contribution in [0.4, 0.5) is 10.5 Å². The van der Waals surface area contributed by atoms with Gasteiger partial charge in [-0.05, 0) is 29.8 Å². The van der Waals surface area contributed by atoms with E-state index in [-0.39, 0.29) is 13.2 Å². The zero-order valence-electron chi connectivity index (χ0n) is 14.2. The maximum Gasteiger partial charge on any atom is 0.414 e. The zero-order chi connectivity index (χ0) is 18.6. The second-order valence-corrected chi connectivity index (χ2v) is 7.52. The minimum atomic E-state index is -3.57. The van der Waals surface area contributed by atoms with Crippen molar-refractivity contribution in [2.75, 3.05) is 24.3 Å². The normalized spacial score (nSPS) is 17.2. The van der Waals surface area contributed by atoms with Crippen molar-refractivity contribution in [2.45, 2.75) is 12.7 Å². The third kappa shape index (κ3) is 4.96. The van der Waals surface area contributed by atoms with E-state index in [0.717, 1.165) is 11.8 Å². The number of cyclic esters (lactones) is 1. The Morgan fingerprint density at radius 3 is 2.46 bits per heavy atom. The van der Waals surface area contributed by atoms with E-state index < -0.39 is 22.3 Å². The number of benzene rings is 2. The number of amides is 1. The average molecular weight is 377 g/mol. The maximum absolute atomic E-state index is 12.0. The summed E-state index contributed by atoms with van der Waals surface area (Å²) in [6.07, 6.45) is -0.216. The minimum Gasteiger partial charge on any atom is -0.489 e. The highest BCUT2D eigenvalue weighted by Gasteiger charge is 2.33. The molecule has 0 bridgehead atoms. The van der Waals surface area contributed by atoms with Crippen molar-refractivity contribution in [1.29, 1.82) is 0 Å². The lowest BCUT2D eigenvalue weighted by molar-refractivity contribution is 0.107. The molecule has 1 amide bonds. The average Bonchev–Trinajstić information content (AvgIpc) is 3.00.